The quantitative estimate of drug-likeness (QED) is 0.633. The molecule has 1 aromatic heterocycles. The van der Waals surface area contributed by atoms with Gasteiger partial charge in [-0.3, -0.25) is 4.57 Å². The fourth-order valence-electron chi connectivity index (χ4n) is 1.75. The lowest BCUT2D eigenvalue weighted by Crippen LogP contribution is -1.90. The maximum atomic E-state index is 7.00. The minimum Gasteiger partial charge on any atom is -0.429 e. The van der Waals surface area contributed by atoms with Gasteiger partial charge in [0, 0.05) is 5.69 Å². The molecule has 2 N–H and O–H groups in total. The second-order valence-corrected chi connectivity index (χ2v) is 3.55. The van der Waals surface area contributed by atoms with Gasteiger partial charge in [-0.25, -0.2) is 4.98 Å². The van der Waals surface area contributed by atoms with Crippen molar-refractivity contribution in [1.29, 1.82) is 0 Å². The summed E-state index contributed by atoms with van der Waals surface area (Å²) < 4.78 is 2.09. The first-order valence-corrected chi connectivity index (χ1v) is 5.44. The van der Waals surface area contributed by atoms with Crippen molar-refractivity contribution in [1.82, 2.24) is 9.55 Å². The predicted octanol–water partition coefficient (Wildman–Crippen LogP) is 1.53. The minimum absolute atomic E-state index is 0. The molecule has 0 saturated carbocycles. The molecule has 0 aliphatic heterocycles. The number of rotatable bonds is 1. The fraction of sp³-hybridized carbons (Fsp3) is 0. The lowest BCUT2D eigenvalue weighted by Gasteiger charge is -2.02. The summed E-state index contributed by atoms with van der Waals surface area (Å²) in [7, 11) is 0. The zero-order chi connectivity index (χ0) is 12.8. The van der Waals surface area contributed by atoms with Crippen LogP contribution < -0.4 is 0 Å². The Bertz CT molecular complexity index is 610. The summed E-state index contributed by atoms with van der Waals surface area (Å²) in [5.74, 6) is 0. The van der Waals surface area contributed by atoms with Crippen molar-refractivity contribution in [2.24, 2.45) is 0 Å². The average Bonchev–Trinajstić information content (AvgIpc) is 2.84. The first kappa shape index (κ1) is 12.4. The van der Waals surface area contributed by atoms with Gasteiger partial charge in [0.1, 0.15) is 6.33 Å². The van der Waals surface area contributed by atoms with Crippen molar-refractivity contribution in [3.05, 3.63) is 60.9 Å². The van der Waals surface area contributed by atoms with E-state index in [0.29, 0.717) is 0 Å². The van der Waals surface area contributed by atoms with E-state index in [0.717, 1.165) is 16.7 Å². The van der Waals surface area contributed by atoms with Crippen molar-refractivity contribution in [3.63, 3.8) is 0 Å². The van der Waals surface area contributed by atoms with Crippen molar-refractivity contribution < 1.29 is 10.0 Å². The van der Waals surface area contributed by atoms with Crippen LogP contribution in [-0.4, -0.2) is 27.3 Å². The molecule has 3 aromatic rings. The van der Waals surface area contributed by atoms with Crippen molar-refractivity contribution in [2.45, 2.75) is 0 Å². The number of hydrogen-bond donors (Lipinski definition) is 2. The lowest BCUT2D eigenvalue weighted by molar-refractivity contribution is 0.448. The Hall–Kier alpha value is -2.11. The van der Waals surface area contributed by atoms with Crippen LogP contribution in [0.1, 0.15) is 0 Å². The number of imidazole rings is 1. The van der Waals surface area contributed by atoms with Gasteiger partial charge in [-0.15, -0.1) is 0 Å². The molecule has 0 amide bonds. The highest BCUT2D eigenvalue weighted by molar-refractivity contribution is 6.13. The topological polar surface area (TPSA) is 58.3 Å². The molecule has 1 radical (unpaired) electrons. The van der Waals surface area contributed by atoms with Gasteiger partial charge >= 0.3 is 7.69 Å². The van der Waals surface area contributed by atoms with Crippen LogP contribution in [-0.2, 0) is 0 Å². The van der Waals surface area contributed by atoms with E-state index in [1.165, 1.54) is 0 Å². The summed E-state index contributed by atoms with van der Waals surface area (Å²) in [5.41, 5.74) is 3.32. The van der Waals surface area contributed by atoms with E-state index in [1.807, 2.05) is 42.7 Å². The highest BCUT2D eigenvalue weighted by Crippen LogP contribution is 2.16. The molecule has 89 valence electrons. The first-order valence-electron chi connectivity index (χ1n) is 5.44. The Labute approximate surface area is 105 Å². The van der Waals surface area contributed by atoms with Gasteiger partial charge in [-0.2, -0.15) is 0 Å². The van der Waals surface area contributed by atoms with Gasteiger partial charge in [-0.05, 0) is 24.3 Å². The molecular formula is C13H12BN2O2. The number of nitrogens with zero attached hydrogens (tertiary/aromatic N) is 2. The van der Waals surface area contributed by atoms with Crippen LogP contribution in [0.15, 0.2) is 60.9 Å². The average molecular weight is 239 g/mol. The maximum Gasteiger partial charge on any atom is 0.482 e. The maximum absolute atomic E-state index is 7.00. The lowest BCUT2D eigenvalue weighted by atomic mass is 10.3. The van der Waals surface area contributed by atoms with Gasteiger partial charge in [0.05, 0.1) is 11.0 Å². The van der Waals surface area contributed by atoms with Gasteiger partial charge in [0.2, 0.25) is 0 Å². The Kier molecular flexibility index (Phi) is 4.12. The molecule has 0 atom stereocenters. The molecule has 5 heteroatoms. The minimum atomic E-state index is 0. The molecule has 3 rings (SSSR count). The molecule has 2 aromatic carbocycles. The number of benzene rings is 2. The third-order valence-electron chi connectivity index (χ3n) is 2.49. The molecule has 0 aliphatic rings. The molecule has 0 unspecified atom stereocenters. The zero-order valence-electron chi connectivity index (χ0n) is 9.64. The Balaban J connectivity index is 0.000000367. The summed E-state index contributed by atoms with van der Waals surface area (Å²) >= 11 is 0. The van der Waals surface area contributed by atoms with Gasteiger partial charge < -0.3 is 10.0 Å². The molecule has 4 nitrogen and oxygen atoms in total. The summed E-state index contributed by atoms with van der Waals surface area (Å²) in [6.45, 7) is 0. The van der Waals surface area contributed by atoms with E-state index in [2.05, 4.69) is 27.8 Å². The number of aromatic nitrogens is 2. The highest BCUT2D eigenvalue weighted by Gasteiger charge is 2.01. The summed E-state index contributed by atoms with van der Waals surface area (Å²) in [6, 6.07) is 18.4. The van der Waals surface area contributed by atoms with Gasteiger partial charge in [0.15, 0.2) is 0 Å². The van der Waals surface area contributed by atoms with Crippen LogP contribution in [0.3, 0.4) is 0 Å². The van der Waals surface area contributed by atoms with Crippen LogP contribution in [0.5, 0.6) is 0 Å². The van der Waals surface area contributed by atoms with Crippen molar-refractivity contribution in [2.75, 3.05) is 0 Å². The number of para-hydroxylation sites is 3. The normalized spacial score (nSPS) is 9.67. The molecule has 18 heavy (non-hydrogen) atoms. The Morgan fingerprint density at radius 3 is 2.22 bits per heavy atom. The second kappa shape index (κ2) is 6.00. The van der Waals surface area contributed by atoms with Crippen LogP contribution in [0, 0.1) is 0 Å². The van der Waals surface area contributed by atoms with E-state index in [-0.39, 0.29) is 7.69 Å². The zero-order valence-corrected chi connectivity index (χ0v) is 9.64. The van der Waals surface area contributed by atoms with Crippen LogP contribution in [0.4, 0.5) is 0 Å². The third-order valence-corrected chi connectivity index (χ3v) is 2.49. The Morgan fingerprint density at radius 2 is 1.50 bits per heavy atom. The second-order valence-electron chi connectivity index (χ2n) is 3.55. The monoisotopic (exact) mass is 239 g/mol. The van der Waals surface area contributed by atoms with Gasteiger partial charge in [-0.1, -0.05) is 30.3 Å². The van der Waals surface area contributed by atoms with Crippen LogP contribution >= 0.6 is 0 Å². The predicted molar refractivity (Wildman–Crippen MR) is 71.3 cm³/mol. The van der Waals surface area contributed by atoms with E-state index < -0.39 is 0 Å². The molecule has 0 fully saturated rings. The van der Waals surface area contributed by atoms with Gasteiger partial charge in [0.25, 0.3) is 0 Å². The molecule has 0 saturated heterocycles. The highest BCUT2D eigenvalue weighted by atomic mass is 16.4. The van der Waals surface area contributed by atoms with E-state index in [4.69, 9.17) is 10.0 Å². The Morgan fingerprint density at radius 1 is 0.889 bits per heavy atom. The largest absolute Gasteiger partial charge is 0.482 e. The van der Waals surface area contributed by atoms with E-state index in [1.54, 1.807) is 0 Å². The number of fused-ring (bicyclic) bond motifs is 1. The molecule has 1 heterocycles. The molecule has 0 bridgehead atoms. The molecule has 0 aliphatic carbocycles. The summed E-state index contributed by atoms with van der Waals surface area (Å²) in [5, 5.41) is 14.0. The third kappa shape index (κ3) is 2.59. The molecular weight excluding hydrogens is 227 g/mol. The SMILES string of the molecule is O[B]O.c1ccc(-n2cnc3ccccc32)cc1. The van der Waals surface area contributed by atoms with Crippen molar-refractivity contribution in [3.8, 4) is 5.69 Å². The van der Waals surface area contributed by atoms with Crippen LogP contribution in [0.2, 0.25) is 0 Å². The smallest absolute Gasteiger partial charge is 0.429 e. The first-order chi connectivity index (χ1) is 8.86. The fourth-order valence-corrected chi connectivity index (χ4v) is 1.75. The van der Waals surface area contributed by atoms with E-state index in [9.17, 15) is 0 Å². The van der Waals surface area contributed by atoms with Crippen LogP contribution in [0.25, 0.3) is 16.7 Å². The summed E-state index contributed by atoms with van der Waals surface area (Å²) in [4.78, 5) is 4.36. The summed E-state index contributed by atoms with van der Waals surface area (Å²) in [6.07, 6.45) is 1.86. The standard InChI is InChI=1S/C13H10N2.BH2O2/c1-2-6-11(7-3-1)15-10-14-12-8-4-5-9-13(12)15;2-1-3/h1-10H;2-3H. The molecule has 0 spiro atoms. The van der Waals surface area contributed by atoms with E-state index >= 15 is 0 Å². The van der Waals surface area contributed by atoms with Crippen molar-refractivity contribution >= 4 is 18.7 Å². The number of hydrogen-bond acceptors (Lipinski definition) is 3.